The van der Waals surface area contributed by atoms with Crippen LogP contribution < -0.4 is 5.56 Å². The molecule has 0 fully saturated rings. The molecule has 0 aliphatic heterocycles. The fourth-order valence-electron chi connectivity index (χ4n) is 1.98. The minimum atomic E-state index is -0.429. The predicted molar refractivity (Wildman–Crippen MR) is 82.1 cm³/mol. The number of hydrogen-bond donors (Lipinski definition) is 2. The molecule has 0 spiro atoms. The molecule has 3 aromatic rings. The van der Waals surface area contributed by atoms with Gasteiger partial charge in [0.1, 0.15) is 5.82 Å². The topological polar surface area (TPSA) is 97.2 Å². The number of nitriles is 1. The van der Waals surface area contributed by atoms with Gasteiger partial charge < -0.3 is 0 Å². The SMILES string of the molecule is N#Cc1ccc(N=Nc2c(-c3ccc(F)cc3)[nH][nH]c2=O)cc1. The summed E-state index contributed by atoms with van der Waals surface area (Å²) in [7, 11) is 0. The van der Waals surface area contributed by atoms with Gasteiger partial charge in [0.15, 0.2) is 5.69 Å². The fourth-order valence-corrected chi connectivity index (χ4v) is 1.98. The van der Waals surface area contributed by atoms with Gasteiger partial charge in [-0.05, 0) is 48.5 Å². The number of benzene rings is 2. The monoisotopic (exact) mass is 307 g/mol. The van der Waals surface area contributed by atoms with Crippen molar-refractivity contribution in [2.75, 3.05) is 0 Å². The molecule has 1 aromatic heterocycles. The molecule has 0 saturated carbocycles. The molecular formula is C16H10FN5O. The summed E-state index contributed by atoms with van der Waals surface area (Å²) < 4.78 is 13.0. The highest BCUT2D eigenvalue weighted by Crippen LogP contribution is 2.26. The standard InChI is InChI=1S/C16H10FN5O/c17-12-5-3-11(4-6-12)14-15(16(23)22-20-14)21-19-13-7-1-10(9-18)2-8-13/h1-8H,(H2,20,22,23). The first-order chi connectivity index (χ1) is 11.2. The van der Waals surface area contributed by atoms with Gasteiger partial charge in [0.25, 0.3) is 5.56 Å². The maximum Gasteiger partial charge on any atom is 0.292 e. The summed E-state index contributed by atoms with van der Waals surface area (Å²) in [5.41, 5.74) is 1.72. The lowest BCUT2D eigenvalue weighted by Crippen LogP contribution is -1.96. The average Bonchev–Trinajstić information content (AvgIpc) is 2.95. The van der Waals surface area contributed by atoms with Gasteiger partial charge in [0, 0.05) is 5.56 Å². The van der Waals surface area contributed by atoms with Crippen molar-refractivity contribution in [3.8, 4) is 17.3 Å². The van der Waals surface area contributed by atoms with Crippen molar-refractivity contribution in [3.05, 3.63) is 70.3 Å². The lowest BCUT2D eigenvalue weighted by Gasteiger charge is -1.98. The molecule has 0 unspecified atom stereocenters. The van der Waals surface area contributed by atoms with E-state index in [1.54, 1.807) is 24.3 Å². The first-order valence-electron chi connectivity index (χ1n) is 6.66. The second-order valence-corrected chi connectivity index (χ2v) is 4.67. The van der Waals surface area contributed by atoms with Gasteiger partial charge in [0.05, 0.1) is 23.0 Å². The van der Waals surface area contributed by atoms with Crippen LogP contribution in [0.4, 0.5) is 15.8 Å². The summed E-state index contributed by atoms with van der Waals surface area (Å²) in [4.78, 5) is 11.8. The summed E-state index contributed by atoms with van der Waals surface area (Å²) in [5, 5.41) is 21.8. The molecule has 1 heterocycles. The van der Waals surface area contributed by atoms with Crippen molar-refractivity contribution in [1.29, 1.82) is 5.26 Å². The maximum atomic E-state index is 13.0. The summed E-state index contributed by atoms with van der Waals surface area (Å²) >= 11 is 0. The lowest BCUT2D eigenvalue weighted by atomic mass is 10.1. The third kappa shape index (κ3) is 3.06. The van der Waals surface area contributed by atoms with Gasteiger partial charge in [-0.2, -0.15) is 10.4 Å². The number of aromatic amines is 2. The zero-order valence-electron chi connectivity index (χ0n) is 11.7. The van der Waals surface area contributed by atoms with Crippen LogP contribution in [0.2, 0.25) is 0 Å². The van der Waals surface area contributed by atoms with Crippen LogP contribution in [0.3, 0.4) is 0 Å². The molecule has 2 aromatic carbocycles. The molecule has 3 rings (SSSR count). The molecule has 6 nitrogen and oxygen atoms in total. The molecule has 112 valence electrons. The molecule has 0 bridgehead atoms. The maximum absolute atomic E-state index is 13.0. The van der Waals surface area contributed by atoms with Crippen LogP contribution in [0.1, 0.15) is 5.56 Å². The molecule has 0 aliphatic rings. The van der Waals surface area contributed by atoms with Crippen LogP contribution in [0.15, 0.2) is 63.6 Å². The van der Waals surface area contributed by atoms with Crippen LogP contribution in [0, 0.1) is 17.1 Å². The number of azo groups is 1. The van der Waals surface area contributed by atoms with Gasteiger partial charge in [-0.3, -0.25) is 15.0 Å². The number of nitrogens with one attached hydrogen (secondary N) is 2. The van der Waals surface area contributed by atoms with E-state index in [1.165, 1.54) is 24.3 Å². The Balaban J connectivity index is 1.95. The van der Waals surface area contributed by atoms with Crippen LogP contribution in [-0.2, 0) is 0 Å². The highest BCUT2D eigenvalue weighted by molar-refractivity contribution is 5.71. The van der Waals surface area contributed by atoms with Gasteiger partial charge in [-0.15, -0.1) is 5.11 Å². The van der Waals surface area contributed by atoms with Gasteiger partial charge in [0.2, 0.25) is 0 Å². The molecule has 7 heteroatoms. The van der Waals surface area contributed by atoms with Crippen LogP contribution in [0.25, 0.3) is 11.3 Å². The second-order valence-electron chi connectivity index (χ2n) is 4.67. The Morgan fingerprint density at radius 2 is 1.65 bits per heavy atom. The van der Waals surface area contributed by atoms with E-state index in [2.05, 4.69) is 20.4 Å². The molecule has 2 N–H and O–H groups in total. The van der Waals surface area contributed by atoms with Gasteiger partial charge in [-0.1, -0.05) is 0 Å². The molecule has 23 heavy (non-hydrogen) atoms. The molecule has 0 saturated heterocycles. The van der Waals surface area contributed by atoms with E-state index >= 15 is 0 Å². The second kappa shape index (κ2) is 6.07. The normalized spacial score (nSPS) is 10.8. The first-order valence-corrected chi connectivity index (χ1v) is 6.66. The summed E-state index contributed by atoms with van der Waals surface area (Å²) in [6, 6.07) is 14.1. The third-order valence-corrected chi connectivity index (χ3v) is 3.15. The Hall–Kier alpha value is -3.53. The fraction of sp³-hybridized carbons (Fsp3) is 0. The molecular weight excluding hydrogens is 297 g/mol. The smallest absolute Gasteiger partial charge is 0.292 e. The van der Waals surface area contributed by atoms with Crippen molar-refractivity contribution in [3.63, 3.8) is 0 Å². The number of rotatable bonds is 3. The number of H-pyrrole nitrogens is 2. The van der Waals surface area contributed by atoms with E-state index < -0.39 is 5.56 Å². The molecule has 0 aliphatic carbocycles. The van der Waals surface area contributed by atoms with Crippen molar-refractivity contribution in [2.24, 2.45) is 10.2 Å². The predicted octanol–water partition coefficient (Wildman–Crippen LogP) is 3.80. The van der Waals surface area contributed by atoms with Crippen LogP contribution in [-0.4, -0.2) is 10.2 Å². The average molecular weight is 307 g/mol. The third-order valence-electron chi connectivity index (χ3n) is 3.15. The molecule has 0 amide bonds. The van der Waals surface area contributed by atoms with E-state index in [9.17, 15) is 9.18 Å². The van der Waals surface area contributed by atoms with Crippen molar-refractivity contribution in [1.82, 2.24) is 10.2 Å². The largest absolute Gasteiger partial charge is 0.295 e. The number of aromatic nitrogens is 2. The molecule has 0 radical (unpaired) electrons. The summed E-state index contributed by atoms with van der Waals surface area (Å²) in [6.45, 7) is 0. The summed E-state index contributed by atoms with van der Waals surface area (Å²) in [5.74, 6) is -0.368. The van der Waals surface area contributed by atoms with Crippen molar-refractivity contribution >= 4 is 11.4 Å². The number of hydrogen-bond acceptors (Lipinski definition) is 4. The quantitative estimate of drug-likeness (QED) is 0.720. The lowest BCUT2D eigenvalue weighted by molar-refractivity contribution is 0.628. The van der Waals surface area contributed by atoms with Crippen LogP contribution in [0.5, 0.6) is 0 Å². The minimum absolute atomic E-state index is 0.0981. The highest BCUT2D eigenvalue weighted by Gasteiger charge is 2.11. The molecule has 0 atom stereocenters. The Morgan fingerprint density at radius 1 is 0.957 bits per heavy atom. The Kier molecular flexibility index (Phi) is 3.80. The number of nitrogens with zero attached hydrogens (tertiary/aromatic N) is 3. The highest BCUT2D eigenvalue weighted by atomic mass is 19.1. The van der Waals surface area contributed by atoms with E-state index in [4.69, 9.17) is 5.26 Å². The van der Waals surface area contributed by atoms with Crippen molar-refractivity contribution in [2.45, 2.75) is 0 Å². The van der Waals surface area contributed by atoms with Crippen LogP contribution >= 0.6 is 0 Å². The summed E-state index contributed by atoms with van der Waals surface area (Å²) in [6.07, 6.45) is 0. The van der Waals surface area contributed by atoms with Gasteiger partial charge in [-0.25, -0.2) is 4.39 Å². The minimum Gasteiger partial charge on any atom is -0.295 e. The van der Waals surface area contributed by atoms with Crippen molar-refractivity contribution < 1.29 is 4.39 Å². The Morgan fingerprint density at radius 3 is 2.30 bits per heavy atom. The number of halogens is 1. The Labute approximate surface area is 129 Å². The van der Waals surface area contributed by atoms with E-state index in [-0.39, 0.29) is 11.5 Å². The first kappa shape index (κ1) is 14.4. The van der Waals surface area contributed by atoms with E-state index in [1.807, 2.05) is 6.07 Å². The zero-order chi connectivity index (χ0) is 16.2. The Bertz CT molecular complexity index is 946. The zero-order valence-corrected chi connectivity index (χ0v) is 11.7. The van der Waals surface area contributed by atoms with Gasteiger partial charge >= 0.3 is 0 Å². The van der Waals surface area contributed by atoms with E-state index in [0.29, 0.717) is 22.5 Å². The van der Waals surface area contributed by atoms with E-state index in [0.717, 1.165) is 0 Å².